The Labute approximate surface area is 345 Å². The van der Waals surface area contributed by atoms with Gasteiger partial charge in [-0.15, -0.1) is 0 Å². The number of hydrogen-bond donors (Lipinski definition) is 4. The molecule has 5 heterocycles. The number of carbonyl (C=O) groups is 2. The Hall–Kier alpha value is -2.36. The zero-order valence-electron chi connectivity index (χ0n) is 36.2. The number of nitrogens with one attached hydrogen (secondary N) is 1. The third kappa shape index (κ3) is 9.12. The van der Waals surface area contributed by atoms with E-state index in [0.717, 1.165) is 31.2 Å². The van der Waals surface area contributed by atoms with Gasteiger partial charge in [-0.3, -0.25) is 4.79 Å². The number of rotatable bonds is 14. The van der Waals surface area contributed by atoms with E-state index in [2.05, 4.69) is 33.0 Å². The summed E-state index contributed by atoms with van der Waals surface area (Å²) in [6.45, 7) is 16.1. The van der Waals surface area contributed by atoms with Crippen LogP contribution in [0.25, 0.3) is 0 Å². The normalized spacial score (nSPS) is 43.2. The van der Waals surface area contributed by atoms with Crippen LogP contribution in [0.3, 0.4) is 0 Å². The number of aliphatic hydroxyl groups is 2. The van der Waals surface area contributed by atoms with Crippen LogP contribution in [-0.4, -0.2) is 113 Å². The minimum absolute atomic E-state index is 0.106. The number of methoxy groups -OCH3 is 1. The van der Waals surface area contributed by atoms with Crippen LogP contribution in [0.2, 0.25) is 0 Å². The summed E-state index contributed by atoms with van der Waals surface area (Å²) >= 11 is 0. The Bertz CT molecular complexity index is 1550. The Balaban J connectivity index is 1.08. The van der Waals surface area contributed by atoms with Crippen molar-refractivity contribution in [2.24, 2.45) is 35.5 Å². The van der Waals surface area contributed by atoms with Gasteiger partial charge < -0.3 is 53.8 Å². The summed E-state index contributed by atoms with van der Waals surface area (Å²) in [7, 11) is 1.52. The molecule has 6 rings (SSSR count). The van der Waals surface area contributed by atoms with Gasteiger partial charge in [-0.25, -0.2) is 4.79 Å². The van der Waals surface area contributed by atoms with Crippen LogP contribution >= 0.6 is 0 Å². The highest BCUT2D eigenvalue weighted by atomic mass is 16.7. The van der Waals surface area contributed by atoms with Crippen molar-refractivity contribution < 1.29 is 58.1 Å². The number of aliphatic hydroxyl groups excluding tert-OH is 1. The number of carbonyl (C=O) groups excluding carboxylic acids is 1. The van der Waals surface area contributed by atoms with Gasteiger partial charge >= 0.3 is 12.1 Å². The maximum Gasteiger partial charge on any atom is 0.407 e. The second-order valence-corrected chi connectivity index (χ2v) is 18.9. The van der Waals surface area contributed by atoms with E-state index in [1.165, 1.54) is 7.11 Å². The number of alkyl carbamates (subject to hydrolysis) is 1. The van der Waals surface area contributed by atoms with Crippen molar-refractivity contribution in [1.29, 1.82) is 0 Å². The molecule has 1 aromatic carbocycles. The van der Waals surface area contributed by atoms with Gasteiger partial charge in [-0.05, 0) is 76.2 Å². The average Bonchev–Trinajstić information content (AvgIpc) is 3.91. The van der Waals surface area contributed by atoms with Crippen LogP contribution in [-0.2, 0) is 44.4 Å². The molecule has 4 N–H and O–H groups in total. The highest BCUT2D eigenvalue weighted by Crippen LogP contribution is 2.55. The summed E-state index contributed by atoms with van der Waals surface area (Å²) in [6, 6.07) is 9.89. The number of hydrogen-bond acceptors (Lipinski definition) is 11. The molecule has 1 spiro atoms. The standard InChI is InChI=1S/C45H71NO12/c1-10-43(18-16-35(55-43)42(8)19-20-44(58-42)24-33(47)29(5)38(56-44)30(6)37(52-9)31(7)40(48)49)39-27(3)23-34(54-39)36-26(2)22-28(4)45(51,57-36)25-53-41(50)46-21-17-32-14-12-11-13-15-32/h11-15,26-31,33-39,47,51H,10,16-25H2,1-9H3,(H,46,50)(H,48,49)/t26-,27-,28+,29+,30-,31-,33-,34+,35+,36-,37+,38-,39+,42-,43-,44+,45-/m0/s1. The van der Waals surface area contributed by atoms with Crippen LogP contribution in [0.15, 0.2) is 30.3 Å². The van der Waals surface area contributed by atoms with Gasteiger partial charge in [-0.2, -0.15) is 0 Å². The number of aliphatic carboxylic acids is 1. The maximum absolute atomic E-state index is 12.6. The van der Waals surface area contributed by atoms with E-state index in [1.54, 1.807) is 6.92 Å². The molecule has 5 fully saturated rings. The number of carboxylic acid groups (broad SMARTS) is 1. The summed E-state index contributed by atoms with van der Waals surface area (Å²) in [5, 5.41) is 35.7. The minimum Gasteiger partial charge on any atom is -0.481 e. The number of carboxylic acids is 1. The van der Waals surface area contributed by atoms with Gasteiger partial charge in [0, 0.05) is 44.2 Å². The zero-order chi connectivity index (χ0) is 42.2. The molecule has 0 aliphatic carbocycles. The molecule has 328 valence electrons. The van der Waals surface area contributed by atoms with Crippen LogP contribution in [0.1, 0.15) is 112 Å². The highest BCUT2D eigenvalue weighted by Gasteiger charge is 2.62. The Morgan fingerprint density at radius 2 is 1.72 bits per heavy atom. The molecule has 1 amide bonds. The molecule has 5 saturated heterocycles. The summed E-state index contributed by atoms with van der Waals surface area (Å²) < 4.78 is 45.6. The number of amides is 1. The van der Waals surface area contributed by atoms with Crippen molar-refractivity contribution in [3.8, 4) is 0 Å². The lowest BCUT2D eigenvalue weighted by molar-refractivity contribution is -0.336. The Morgan fingerprint density at radius 3 is 2.40 bits per heavy atom. The molecule has 58 heavy (non-hydrogen) atoms. The molecule has 5 aliphatic rings. The second kappa shape index (κ2) is 17.9. The first-order valence-corrected chi connectivity index (χ1v) is 21.9. The van der Waals surface area contributed by atoms with Crippen molar-refractivity contribution >= 4 is 12.1 Å². The molecule has 0 aromatic heterocycles. The van der Waals surface area contributed by atoms with E-state index in [-0.39, 0.29) is 54.5 Å². The van der Waals surface area contributed by atoms with Crippen molar-refractivity contribution in [2.45, 2.75) is 179 Å². The first-order chi connectivity index (χ1) is 27.4. The fourth-order valence-corrected chi connectivity index (χ4v) is 11.1. The summed E-state index contributed by atoms with van der Waals surface area (Å²) in [6.07, 6.45) is 2.52. The van der Waals surface area contributed by atoms with E-state index in [4.69, 9.17) is 33.2 Å². The zero-order valence-corrected chi connectivity index (χ0v) is 36.2. The fraction of sp³-hybridized carbons (Fsp3) is 0.822. The van der Waals surface area contributed by atoms with E-state index in [0.29, 0.717) is 38.6 Å². The molecule has 17 atom stereocenters. The van der Waals surface area contributed by atoms with E-state index in [1.807, 2.05) is 51.1 Å². The molecular formula is C45H71NO12. The molecule has 0 saturated carbocycles. The first kappa shape index (κ1) is 45.2. The van der Waals surface area contributed by atoms with Gasteiger partial charge in [0.15, 0.2) is 5.79 Å². The highest BCUT2D eigenvalue weighted by molar-refractivity contribution is 5.70. The first-order valence-electron chi connectivity index (χ1n) is 21.9. The van der Waals surface area contributed by atoms with E-state index in [9.17, 15) is 24.9 Å². The minimum atomic E-state index is -1.65. The van der Waals surface area contributed by atoms with Gasteiger partial charge in [0.1, 0.15) is 6.61 Å². The summed E-state index contributed by atoms with van der Waals surface area (Å²) in [4.78, 5) is 24.5. The molecule has 1 aromatic rings. The number of benzene rings is 1. The van der Waals surface area contributed by atoms with Crippen LogP contribution in [0, 0.1) is 35.5 Å². The van der Waals surface area contributed by atoms with Gasteiger partial charge in [-0.1, -0.05) is 71.9 Å². The van der Waals surface area contributed by atoms with Crippen LogP contribution < -0.4 is 5.32 Å². The van der Waals surface area contributed by atoms with Crippen molar-refractivity contribution in [3.63, 3.8) is 0 Å². The van der Waals surface area contributed by atoms with Gasteiger partial charge in [0.05, 0.1) is 59.8 Å². The summed E-state index contributed by atoms with van der Waals surface area (Å²) in [5.41, 5.74) is -0.121. The van der Waals surface area contributed by atoms with Crippen LogP contribution in [0.4, 0.5) is 4.79 Å². The topological polar surface area (TPSA) is 171 Å². The fourth-order valence-electron chi connectivity index (χ4n) is 11.1. The predicted molar refractivity (Wildman–Crippen MR) is 215 cm³/mol. The molecule has 13 nitrogen and oxygen atoms in total. The smallest absolute Gasteiger partial charge is 0.407 e. The SMILES string of the molecule is CC[C@@]1([C@@H]2O[C@@H]([C@H]3O[C@@](O)(COC(=O)NCCc4ccccc4)[C@H](C)C[C@@H]3C)C[C@@H]2C)CC[C@H]([C@]2(C)CC[C@]3(C[C@H](O)[C@@H](C)[C@@H]([C@@H](C)[C@@H](OC)[C@H](C)C(=O)O)O3)O2)O1. The monoisotopic (exact) mass is 817 g/mol. The Morgan fingerprint density at radius 1 is 1.00 bits per heavy atom. The largest absolute Gasteiger partial charge is 0.481 e. The van der Waals surface area contributed by atoms with E-state index < -0.39 is 65.2 Å². The molecule has 5 aliphatic heterocycles. The van der Waals surface area contributed by atoms with Crippen LogP contribution in [0.5, 0.6) is 0 Å². The van der Waals surface area contributed by atoms with E-state index >= 15 is 0 Å². The molecular weight excluding hydrogens is 746 g/mol. The lowest BCUT2D eigenvalue weighted by Gasteiger charge is -2.49. The average molecular weight is 818 g/mol. The maximum atomic E-state index is 12.6. The molecule has 0 bridgehead atoms. The molecule has 0 radical (unpaired) electrons. The molecule has 0 unspecified atom stereocenters. The van der Waals surface area contributed by atoms with Crippen molar-refractivity contribution in [2.75, 3.05) is 20.3 Å². The number of ether oxygens (including phenoxy) is 7. The predicted octanol–water partition coefficient (Wildman–Crippen LogP) is 6.25. The third-order valence-corrected chi connectivity index (χ3v) is 14.8. The quantitative estimate of drug-likeness (QED) is 0.167. The van der Waals surface area contributed by atoms with Crippen molar-refractivity contribution in [3.05, 3.63) is 35.9 Å². The summed E-state index contributed by atoms with van der Waals surface area (Å²) in [5.74, 6) is -4.91. The van der Waals surface area contributed by atoms with Gasteiger partial charge in [0.25, 0.3) is 0 Å². The lowest BCUT2D eigenvalue weighted by Crippen LogP contribution is -2.57. The second-order valence-electron chi connectivity index (χ2n) is 18.9. The van der Waals surface area contributed by atoms with Gasteiger partial charge in [0.2, 0.25) is 5.79 Å². The third-order valence-electron chi connectivity index (χ3n) is 14.8. The Kier molecular flexibility index (Phi) is 14.0. The molecule has 13 heteroatoms. The van der Waals surface area contributed by atoms with Crippen molar-refractivity contribution in [1.82, 2.24) is 5.32 Å². The lowest BCUT2D eigenvalue weighted by atomic mass is 9.78.